The number of ether oxygens (including phenoxy) is 3. The van der Waals surface area contributed by atoms with Crippen LogP contribution in [0.15, 0.2) is 24.3 Å². The largest absolute Gasteiger partial charge is 0.488 e. The van der Waals surface area contributed by atoms with Crippen molar-refractivity contribution in [2.75, 3.05) is 7.11 Å². The summed E-state index contributed by atoms with van der Waals surface area (Å²) in [7, 11) is 1.30. The molecule has 1 atom stereocenters. The Labute approximate surface area is 155 Å². The van der Waals surface area contributed by atoms with Crippen LogP contribution in [0.5, 0.6) is 5.75 Å². The highest BCUT2D eigenvalue weighted by molar-refractivity contribution is 5.76. The summed E-state index contributed by atoms with van der Waals surface area (Å²) < 4.78 is 15.7. The molecule has 0 spiro atoms. The van der Waals surface area contributed by atoms with Gasteiger partial charge in [0.2, 0.25) is 0 Å². The van der Waals surface area contributed by atoms with E-state index in [2.05, 4.69) is 10.9 Å². The molecule has 0 saturated heterocycles. The molecule has 0 unspecified atom stereocenters. The Balaban J connectivity index is 2.70. The molecule has 1 amide bonds. The van der Waals surface area contributed by atoms with Crippen LogP contribution in [0.3, 0.4) is 0 Å². The second kappa shape index (κ2) is 8.89. The lowest BCUT2D eigenvalue weighted by Crippen LogP contribution is -2.50. The zero-order valence-electron chi connectivity index (χ0n) is 16.6. The number of rotatable bonds is 6. The molecule has 0 saturated carbocycles. The van der Waals surface area contributed by atoms with Gasteiger partial charge in [-0.2, -0.15) is 0 Å². The number of carbonyl (C=O) groups excluding carboxylic acids is 2. The van der Waals surface area contributed by atoms with Crippen LogP contribution < -0.4 is 15.6 Å². The standard InChI is InChI=1S/C19H30N2O5/c1-18(2,3)25-14-10-8-13(9-11-14)12-15(16(22)24-7)20-21-17(23)26-19(4,5)6/h8-11,15,20H,12H2,1-7H3,(H,21,23)/t15-/m0/s1. The molecule has 7 nitrogen and oxygen atoms in total. The van der Waals surface area contributed by atoms with Crippen molar-refractivity contribution >= 4 is 12.1 Å². The van der Waals surface area contributed by atoms with Crippen molar-refractivity contribution < 1.29 is 23.8 Å². The second-order valence-electron chi connectivity index (χ2n) is 7.91. The number of benzene rings is 1. The van der Waals surface area contributed by atoms with E-state index in [1.807, 2.05) is 45.0 Å². The molecule has 0 aliphatic rings. The number of esters is 1. The highest BCUT2D eigenvalue weighted by atomic mass is 16.6. The van der Waals surface area contributed by atoms with Crippen LogP contribution in [0.25, 0.3) is 0 Å². The van der Waals surface area contributed by atoms with Crippen molar-refractivity contribution in [3.8, 4) is 5.75 Å². The Kier molecular flexibility index (Phi) is 7.44. The summed E-state index contributed by atoms with van der Waals surface area (Å²) in [5, 5.41) is 0. The first-order valence-electron chi connectivity index (χ1n) is 8.50. The van der Waals surface area contributed by atoms with Gasteiger partial charge in [0.05, 0.1) is 7.11 Å². The summed E-state index contributed by atoms with van der Waals surface area (Å²) in [5.74, 6) is 0.256. The average Bonchev–Trinajstić information content (AvgIpc) is 2.49. The lowest BCUT2D eigenvalue weighted by atomic mass is 10.1. The summed E-state index contributed by atoms with van der Waals surface area (Å²) >= 11 is 0. The minimum absolute atomic E-state index is 0.283. The molecule has 0 aromatic heterocycles. The summed E-state index contributed by atoms with van der Waals surface area (Å²) in [5.41, 5.74) is 5.02. The number of nitrogens with one attached hydrogen (secondary N) is 2. The molecule has 7 heteroatoms. The average molecular weight is 366 g/mol. The predicted molar refractivity (Wildman–Crippen MR) is 98.8 cm³/mol. The Bertz CT molecular complexity index is 600. The van der Waals surface area contributed by atoms with Crippen LogP contribution in [-0.2, 0) is 20.7 Å². The Hall–Kier alpha value is -2.28. The first-order valence-corrected chi connectivity index (χ1v) is 8.50. The van der Waals surface area contributed by atoms with Crippen molar-refractivity contribution in [2.24, 2.45) is 0 Å². The number of hydrogen-bond donors (Lipinski definition) is 2. The van der Waals surface area contributed by atoms with Crippen molar-refractivity contribution in [1.82, 2.24) is 10.9 Å². The first kappa shape index (κ1) is 21.8. The zero-order chi connectivity index (χ0) is 20.0. The van der Waals surface area contributed by atoms with Gasteiger partial charge in [-0.15, -0.1) is 0 Å². The Morgan fingerprint density at radius 2 is 1.58 bits per heavy atom. The summed E-state index contributed by atoms with van der Waals surface area (Å²) in [6, 6.07) is 6.67. The molecular formula is C19H30N2O5. The Morgan fingerprint density at radius 1 is 1.00 bits per heavy atom. The van der Waals surface area contributed by atoms with Crippen LogP contribution in [-0.4, -0.2) is 36.4 Å². The normalized spacial score (nSPS) is 12.9. The molecule has 2 N–H and O–H groups in total. The molecule has 0 radical (unpaired) electrons. The zero-order valence-corrected chi connectivity index (χ0v) is 16.6. The fourth-order valence-electron chi connectivity index (χ4n) is 2.07. The van der Waals surface area contributed by atoms with Gasteiger partial charge in [-0.1, -0.05) is 12.1 Å². The molecular weight excluding hydrogens is 336 g/mol. The van der Waals surface area contributed by atoms with E-state index >= 15 is 0 Å². The molecule has 1 aromatic carbocycles. The molecule has 146 valence electrons. The van der Waals surface area contributed by atoms with Gasteiger partial charge < -0.3 is 14.2 Å². The monoisotopic (exact) mass is 366 g/mol. The third-order valence-electron chi connectivity index (χ3n) is 3.02. The molecule has 1 rings (SSSR count). The maximum Gasteiger partial charge on any atom is 0.422 e. The molecule has 0 heterocycles. The van der Waals surface area contributed by atoms with Crippen LogP contribution in [0.1, 0.15) is 47.1 Å². The molecule has 0 aliphatic heterocycles. The third-order valence-corrected chi connectivity index (χ3v) is 3.02. The summed E-state index contributed by atoms with van der Waals surface area (Å²) in [4.78, 5) is 23.7. The van der Waals surface area contributed by atoms with Gasteiger partial charge in [-0.3, -0.25) is 10.2 Å². The maximum absolute atomic E-state index is 12.0. The highest BCUT2D eigenvalue weighted by Crippen LogP contribution is 2.19. The van der Waals surface area contributed by atoms with Crippen molar-refractivity contribution in [3.05, 3.63) is 29.8 Å². The number of amides is 1. The van der Waals surface area contributed by atoms with Crippen LogP contribution in [0, 0.1) is 0 Å². The van der Waals surface area contributed by atoms with Gasteiger partial charge in [0.15, 0.2) is 0 Å². The van der Waals surface area contributed by atoms with Crippen molar-refractivity contribution in [3.63, 3.8) is 0 Å². The SMILES string of the molecule is COC(=O)[C@H](Cc1ccc(OC(C)(C)C)cc1)NNC(=O)OC(C)(C)C. The van der Waals surface area contributed by atoms with Gasteiger partial charge in [0, 0.05) is 6.42 Å². The smallest absolute Gasteiger partial charge is 0.422 e. The van der Waals surface area contributed by atoms with Crippen LogP contribution in [0.2, 0.25) is 0 Å². The number of carbonyl (C=O) groups is 2. The summed E-state index contributed by atoms with van der Waals surface area (Å²) in [6.45, 7) is 11.2. The fourth-order valence-corrected chi connectivity index (χ4v) is 2.07. The van der Waals surface area contributed by atoms with Gasteiger partial charge in [0.25, 0.3) is 0 Å². The number of methoxy groups -OCH3 is 1. The third kappa shape index (κ3) is 8.71. The van der Waals surface area contributed by atoms with E-state index in [9.17, 15) is 9.59 Å². The van der Waals surface area contributed by atoms with E-state index in [0.717, 1.165) is 11.3 Å². The van der Waals surface area contributed by atoms with Crippen LogP contribution in [0.4, 0.5) is 4.79 Å². The lowest BCUT2D eigenvalue weighted by Gasteiger charge is -2.22. The molecule has 0 fully saturated rings. The first-order chi connectivity index (χ1) is 11.9. The van der Waals surface area contributed by atoms with E-state index < -0.39 is 23.7 Å². The molecule has 0 bridgehead atoms. The topological polar surface area (TPSA) is 85.9 Å². The second-order valence-corrected chi connectivity index (χ2v) is 7.91. The van der Waals surface area contributed by atoms with Gasteiger partial charge in [-0.05, 0) is 59.2 Å². The quantitative estimate of drug-likeness (QED) is 0.595. The summed E-state index contributed by atoms with van der Waals surface area (Å²) in [6.07, 6.45) is -0.335. The molecule has 26 heavy (non-hydrogen) atoms. The van der Waals surface area contributed by atoms with Crippen molar-refractivity contribution in [1.29, 1.82) is 0 Å². The van der Waals surface area contributed by atoms with E-state index in [4.69, 9.17) is 14.2 Å². The van der Waals surface area contributed by atoms with E-state index in [1.54, 1.807) is 20.8 Å². The van der Waals surface area contributed by atoms with E-state index in [0.29, 0.717) is 6.42 Å². The lowest BCUT2D eigenvalue weighted by molar-refractivity contribution is -0.143. The number of hydrazine groups is 1. The van der Waals surface area contributed by atoms with Gasteiger partial charge >= 0.3 is 12.1 Å². The van der Waals surface area contributed by atoms with E-state index in [-0.39, 0.29) is 5.60 Å². The minimum Gasteiger partial charge on any atom is -0.488 e. The van der Waals surface area contributed by atoms with Gasteiger partial charge in [0.1, 0.15) is 23.0 Å². The predicted octanol–water partition coefficient (Wildman–Crippen LogP) is 2.98. The highest BCUT2D eigenvalue weighted by Gasteiger charge is 2.22. The molecule has 1 aromatic rings. The molecule has 0 aliphatic carbocycles. The number of hydrogen-bond acceptors (Lipinski definition) is 6. The fraction of sp³-hybridized carbons (Fsp3) is 0.579. The van der Waals surface area contributed by atoms with Gasteiger partial charge in [-0.25, -0.2) is 10.2 Å². The maximum atomic E-state index is 12.0. The van der Waals surface area contributed by atoms with Crippen LogP contribution >= 0.6 is 0 Å². The van der Waals surface area contributed by atoms with E-state index in [1.165, 1.54) is 7.11 Å². The van der Waals surface area contributed by atoms with Crippen molar-refractivity contribution in [2.45, 2.75) is 65.2 Å². The Morgan fingerprint density at radius 3 is 2.04 bits per heavy atom. The minimum atomic E-state index is -0.748.